The zero-order valence-electron chi connectivity index (χ0n) is 12.2. The molecule has 2 atom stereocenters. The maximum absolute atomic E-state index is 3.73. The number of hydrogen-bond donors (Lipinski definition) is 2. The highest BCUT2D eigenvalue weighted by molar-refractivity contribution is 5.19. The number of benzene rings is 1. The molecule has 0 amide bonds. The Bertz CT molecular complexity index is 344. The number of hydrogen-bond acceptors (Lipinski definition) is 3. The molecule has 0 radical (unpaired) electrons. The maximum atomic E-state index is 3.73. The van der Waals surface area contributed by atoms with E-state index in [1.165, 1.54) is 31.4 Å². The van der Waals surface area contributed by atoms with Gasteiger partial charge in [0.25, 0.3) is 0 Å². The number of nitrogens with zero attached hydrogens (tertiary/aromatic N) is 1. The Kier molecular flexibility index (Phi) is 5.83. The van der Waals surface area contributed by atoms with Gasteiger partial charge in [-0.3, -0.25) is 0 Å². The minimum atomic E-state index is 0.417. The van der Waals surface area contributed by atoms with E-state index in [1.807, 2.05) is 0 Å². The molecular formula is C16H27N3. The first kappa shape index (κ1) is 14.5. The van der Waals surface area contributed by atoms with Crippen LogP contribution >= 0.6 is 0 Å². The summed E-state index contributed by atoms with van der Waals surface area (Å²) < 4.78 is 0. The van der Waals surface area contributed by atoms with Crippen molar-refractivity contribution < 1.29 is 0 Å². The number of piperidine rings is 1. The van der Waals surface area contributed by atoms with Gasteiger partial charge in [0.1, 0.15) is 0 Å². The number of rotatable bonds is 6. The molecule has 0 aliphatic carbocycles. The maximum Gasteiger partial charge on any atom is 0.0449 e. The molecule has 2 N–H and O–H groups in total. The third-order valence-corrected chi connectivity index (χ3v) is 3.77. The Morgan fingerprint density at radius 3 is 2.68 bits per heavy atom. The number of likely N-dealkylation sites (N-methyl/N-ethyl adjacent to an activating group) is 1. The molecule has 0 saturated carbocycles. The lowest BCUT2D eigenvalue weighted by atomic mass is 10.0. The third-order valence-electron chi connectivity index (χ3n) is 3.77. The lowest BCUT2D eigenvalue weighted by Crippen LogP contribution is -2.44. The molecule has 0 aromatic heterocycles. The highest BCUT2D eigenvalue weighted by Gasteiger charge is 2.16. The van der Waals surface area contributed by atoms with Crippen molar-refractivity contribution in [1.29, 1.82) is 0 Å². The van der Waals surface area contributed by atoms with Crippen LogP contribution in [-0.4, -0.2) is 44.7 Å². The molecule has 2 rings (SSSR count). The lowest BCUT2D eigenvalue weighted by molar-refractivity contribution is 0.315. The first-order chi connectivity index (χ1) is 9.25. The predicted molar refractivity (Wildman–Crippen MR) is 81.4 cm³/mol. The molecule has 0 bridgehead atoms. The van der Waals surface area contributed by atoms with Crippen molar-refractivity contribution in [3.63, 3.8) is 0 Å². The number of nitrogens with one attached hydrogen (secondary N) is 2. The summed E-state index contributed by atoms with van der Waals surface area (Å²) in [5.41, 5.74) is 1.38. The standard InChI is InChI=1S/C16H27N3/c1-19(2)13-16(14-8-4-3-5-9-14)18-12-15-10-6-7-11-17-15/h3-5,8-9,15-18H,6-7,10-13H2,1-2H3. The normalized spacial score (nSPS) is 21.5. The highest BCUT2D eigenvalue weighted by atomic mass is 15.1. The Hall–Kier alpha value is -0.900. The van der Waals surface area contributed by atoms with E-state index in [0.717, 1.165) is 13.1 Å². The van der Waals surface area contributed by atoms with Gasteiger partial charge in [-0.15, -0.1) is 0 Å². The minimum absolute atomic E-state index is 0.417. The summed E-state index contributed by atoms with van der Waals surface area (Å²) in [6, 6.07) is 11.8. The van der Waals surface area contributed by atoms with Crippen LogP contribution in [0.3, 0.4) is 0 Å². The fourth-order valence-electron chi connectivity index (χ4n) is 2.72. The van der Waals surface area contributed by atoms with E-state index >= 15 is 0 Å². The molecule has 3 heteroatoms. The Morgan fingerprint density at radius 1 is 1.26 bits per heavy atom. The Labute approximate surface area is 117 Å². The van der Waals surface area contributed by atoms with Crippen LogP contribution in [0.4, 0.5) is 0 Å². The van der Waals surface area contributed by atoms with Crippen molar-refractivity contribution in [3.05, 3.63) is 35.9 Å². The largest absolute Gasteiger partial charge is 0.313 e. The van der Waals surface area contributed by atoms with Crippen LogP contribution in [-0.2, 0) is 0 Å². The zero-order valence-corrected chi connectivity index (χ0v) is 12.2. The van der Waals surface area contributed by atoms with Gasteiger partial charge in [0.15, 0.2) is 0 Å². The van der Waals surface area contributed by atoms with Crippen molar-refractivity contribution in [3.8, 4) is 0 Å². The SMILES string of the molecule is CN(C)CC(NCC1CCCCN1)c1ccccc1. The molecule has 19 heavy (non-hydrogen) atoms. The minimum Gasteiger partial charge on any atom is -0.313 e. The molecular weight excluding hydrogens is 234 g/mol. The topological polar surface area (TPSA) is 27.3 Å². The van der Waals surface area contributed by atoms with Crippen LogP contribution < -0.4 is 10.6 Å². The van der Waals surface area contributed by atoms with Crippen molar-refractivity contribution in [1.82, 2.24) is 15.5 Å². The molecule has 3 nitrogen and oxygen atoms in total. The van der Waals surface area contributed by atoms with E-state index in [2.05, 4.69) is 60.0 Å². The molecule has 1 aliphatic heterocycles. The van der Waals surface area contributed by atoms with Crippen LogP contribution in [0.15, 0.2) is 30.3 Å². The van der Waals surface area contributed by atoms with E-state index in [4.69, 9.17) is 0 Å². The molecule has 106 valence electrons. The zero-order chi connectivity index (χ0) is 13.5. The Balaban J connectivity index is 1.90. The average Bonchev–Trinajstić information content (AvgIpc) is 2.45. The van der Waals surface area contributed by atoms with Crippen LogP contribution in [0.25, 0.3) is 0 Å². The summed E-state index contributed by atoms with van der Waals surface area (Å²) in [6.45, 7) is 3.28. The molecule has 1 aliphatic rings. The summed E-state index contributed by atoms with van der Waals surface area (Å²) in [4.78, 5) is 2.25. The van der Waals surface area contributed by atoms with E-state index in [0.29, 0.717) is 12.1 Å². The molecule has 1 saturated heterocycles. The van der Waals surface area contributed by atoms with E-state index in [9.17, 15) is 0 Å². The van der Waals surface area contributed by atoms with Gasteiger partial charge in [-0.2, -0.15) is 0 Å². The second-order valence-electron chi connectivity index (χ2n) is 5.78. The summed E-state index contributed by atoms with van der Waals surface area (Å²) >= 11 is 0. The third kappa shape index (κ3) is 4.94. The van der Waals surface area contributed by atoms with E-state index in [1.54, 1.807) is 0 Å². The fraction of sp³-hybridized carbons (Fsp3) is 0.625. The van der Waals surface area contributed by atoms with Crippen molar-refractivity contribution in [2.75, 3.05) is 33.7 Å². The second-order valence-corrected chi connectivity index (χ2v) is 5.78. The van der Waals surface area contributed by atoms with Gasteiger partial charge in [0.05, 0.1) is 0 Å². The lowest BCUT2D eigenvalue weighted by Gasteiger charge is -2.28. The van der Waals surface area contributed by atoms with Gasteiger partial charge < -0.3 is 15.5 Å². The van der Waals surface area contributed by atoms with E-state index < -0.39 is 0 Å². The first-order valence-electron chi connectivity index (χ1n) is 7.42. The molecule has 1 heterocycles. The van der Waals surface area contributed by atoms with Crippen LogP contribution in [0.1, 0.15) is 30.9 Å². The van der Waals surface area contributed by atoms with Gasteiger partial charge in [-0.1, -0.05) is 36.8 Å². The van der Waals surface area contributed by atoms with Crippen LogP contribution in [0.5, 0.6) is 0 Å². The quantitative estimate of drug-likeness (QED) is 0.820. The van der Waals surface area contributed by atoms with Gasteiger partial charge in [0.2, 0.25) is 0 Å². The summed E-state index contributed by atoms with van der Waals surface area (Å²) in [6.07, 6.45) is 4.00. The van der Waals surface area contributed by atoms with Crippen LogP contribution in [0.2, 0.25) is 0 Å². The predicted octanol–water partition coefficient (Wildman–Crippen LogP) is 2.02. The highest BCUT2D eigenvalue weighted by Crippen LogP contribution is 2.14. The summed E-state index contributed by atoms with van der Waals surface area (Å²) in [7, 11) is 4.27. The van der Waals surface area contributed by atoms with Crippen molar-refractivity contribution in [2.45, 2.75) is 31.3 Å². The van der Waals surface area contributed by atoms with Gasteiger partial charge >= 0.3 is 0 Å². The van der Waals surface area contributed by atoms with Crippen molar-refractivity contribution in [2.24, 2.45) is 0 Å². The van der Waals surface area contributed by atoms with Crippen molar-refractivity contribution >= 4 is 0 Å². The van der Waals surface area contributed by atoms with E-state index in [-0.39, 0.29) is 0 Å². The van der Waals surface area contributed by atoms with Gasteiger partial charge in [-0.05, 0) is 39.0 Å². The molecule has 2 unspecified atom stereocenters. The monoisotopic (exact) mass is 261 g/mol. The molecule has 1 fully saturated rings. The molecule has 1 aromatic rings. The molecule has 1 aromatic carbocycles. The average molecular weight is 261 g/mol. The first-order valence-corrected chi connectivity index (χ1v) is 7.42. The van der Waals surface area contributed by atoms with Crippen LogP contribution in [0, 0.1) is 0 Å². The van der Waals surface area contributed by atoms with Gasteiger partial charge in [0, 0.05) is 25.2 Å². The summed E-state index contributed by atoms with van der Waals surface area (Å²) in [5.74, 6) is 0. The second kappa shape index (κ2) is 7.63. The molecule has 0 spiro atoms. The van der Waals surface area contributed by atoms with Gasteiger partial charge in [-0.25, -0.2) is 0 Å². The summed E-state index contributed by atoms with van der Waals surface area (Å²) in [5, 5.41) is 7.34. The Morgan fingerprint density at radius 2 is 2.05 bits per heavy atom. The fourth-order valence-corrected chi connectivity index (χ4v) is 2.72. The smallest absolute Gasteiger partial charge is 0.0449 e.